The smallest absolute Gasteiger partial charge is 0.317 e. The van der Waals surface area contributed by atoms with Crippen LogP contribution < -0.4 is 5.32 Å². The van der Waals surface area contributed by atoms with E-state index in [1.54, 1.807) is 0 Å². The van der Waals surface area contributed by atoms with Gasteiger partial charge in [-0.1, -0.05) is 37.3 Å². The number of hydrogen-bond donors (Lipinski definition) is 1. The lowest BCUT2D eigenvalue weighted by Crippen LogP contribution is -2.50. The van der Waals surface area contributed by atoms with Crippen molar-refractivity contribution in [1.82, 2.24) is 15.1 Å². The molecular weight excluding hydrogens is 312 g/mol. The molecule has 0 bridgehead atoms. The summed E-state index contributed by atoms with van der Waals surface area (Å²) in [5.41, 5.74) is 0.776. The van der Waals surface area contributed by atoms with Crippen molar-refractivity contribution >= 4 is 6.03 Å². The number of benzene rings is 1. The minimum absolute atomic E-state index is 0.00961. The molecule has 1 N–H and O–H groups in total. The Labute approximate surface area is 150 Å². The second kappa shape index (κ2) is 7.05. The fourth-order valence-corrected chi connectivity index (χ4v) is 4.13. The Balaban J connectivity index is 1.55. The molecule has 0 aromatic heterocycles. The first-order chi connectivity index (χ1) is 12.0. The zero-order valence-electron chi connectivity index (χ0n) is 15.3. The van der Waals surface area contributed by atoms with Crippen LogP contribution >= 0.6 is 0 Å². The van der Waals surface area contributed by atoms with Crippen molar-refractivity contribution < 1.29 is 4.79 Å². The van der Waals surface area contributed by atoms with Gasteiger partial charge in [-0.15, -0.1) is 0 Å². The molecule has 5 nitrogen and oxygen atoms in total. The van der Waals surface area contributed by atoms with Crippen molar-refractivity contribution in [3.8, 4) is 6.07 Å². The Hall–Kier alpha value is -2.06. The summed E-state index contributed by atoms with van der Waals surface area (Å²) in [6.07, 6.45) is 2.51. The number of rotatable bonds is 3. The molecule has 1 aromatic carbocycles. The van der Waals surface area contributed by atoms with Gasteiger partial charge in [0.1, 0.15) is 0 Å². The minimum Gasteiger partial charge on any atom is -0.337 e. The molecule has 2 heterocycles. The number of nitrogens with zero attached hydrogens (tertiary/aromatic N) is 3. The summed E-state index contributed by atoms with van der Waals surface area (Å²) in [4.78, 5) is 16.7. The molecule has 2 saturated heterocycles. The maximum absolute atomic E-state index is 12.5. The Morgan fingerprint density at radius 2 is 1.88 bits per heavy atom. The number of amides is 2. The lowest BCUT2D eigenvalue weighted by atomic mass is 9.74. The van der Waals surface area contributed by atoms with Crippen LogP contribution in [0.1, 0.15) is 31.7 Å². The van der Waals surface area contributed by atoms with Crippen molar-refractivity contribution in [2.24, 2.45) is 5.41 Å². The highest BCUT2D eigenvalue weighted by atomic mass is 16.2. The molecule has 1 atom stereocenters. The zero-order chi connectivity index (χ0) is 17.9. The molecule has 25 heavy (non-hydrogen) atoms. The van der Waals surface area contributed by atoms with Gasteiger partial charge in [-0.05, 0) is 43.8 Å². The maximum Gasteiger partial charge on any atom is 0.317 e. The van der Waals surface area contributed by atoms with Gasteiger partial charge in [-0.25, -0.2) is 4.79 Å². The highest BCUT2D eigenvalue weighted by molar-refractivity contribution is 5.74. The molecule has 0 spiro atoms. The Morgan fingerprint density at radius 3 is 2.44 bits per heavy atom. The first-order valence-corrected chi connectivity index (χ1v) is 9.15. The average molecular weight is 340 g/mol. The van der Waals surface area contributed by atoms with E-state index < -0.39 is 5.41 Å². The van der Waals surface area contributed by atoms with Gasteiger partial charge in [0, 0.05) is 26.2 Å². The maximum atomic E-state index is 12.5. The fourth-order valence-electron chi connectivity index (χ4n) is 4.13. The summed E-state index contributed by atoms with van der Waals surface area (Å²) in [6.45, 7) is 6.34. The van der Waals surface area contributed by atoms with Crippen LogP contribution in [0.15, 0.2) is 30.3 Å². The van der Waals surface area contributed by atoms with Gasteiger partial charge >= 0.3 is 6.03 Å². The van der Waals surface area contributed by atoms with Crippen LogP contribution in [-0.4, -0.2) is 55.6 Å². The number of carbonyl (C=O) groups is 1. The number of carbonyl (C=O) groups excluding carboxylic acids is 1. The molecule has 134 valence electrons. The Morgan fingerprint density at radius 1 is 1.20 bits per heavy atom. The normalized spacial score (nSPS) is 26.2. The molecule has 0 unspecified atom stereocenters. The predicted molar refractivity (Wildman–Crippen MR) is 98.2 cm³/mol. The number of piperidine rings is 1. The van der Waals surface area contributed by atoms with E-state index in [0.29, 0.717) is 25.9 Å². The van der Waals surface area contributed by atoms with E-state index in [0.717, 1.165) is 31.6 Å². The van der Waals surface area contributed by atoms with E-state index in [1.807, 2.05) is 35.2 Å². The van der Waals surface area contributed by atoms with E-state index in [1.165, 1.54) is 0 Å². The van der Waals surface area contributed by atoms with Crippen LogP contribution in [0.25, 0.3) is 0 Å². The number of urea groups is 1. The van der Waals surface area contributed by atoms with Crippen molar-refractivity contribution in [2.45, 2.75) is 31.6 Å². The largest absolute Gasteiger partial charge is 0.337 e. The van der Waals surface area contributed by atoms with Crippen molar-refractivity contribution in [3.63, 3.8) is 0 Å². The standard InChI is InChI=1S/C20H28N4O/c1-19(8-11-23(2)16-19)15-22-18(25)24-12-9-20(14-21,10-13-24)17-6-4-3-5-7-17/h3-7H,8-13,15-16H2,1-2H3,(H,22,25)/t19-/m1/s1. The Bertz CT molecular complexity index is 645. The number of likely N-dealkylation sites (tertiary alicyclic amines) is 2. The van der Waals surface area contributed by atoms with Gasteiger partial charge < -0.3 is 15.1 Å². The summed E-state index contributed by atoms with van der Waals surface area (Å²) in [6, 6.07) is 12.5. The van der Waals surface area contributed by atoms with Crippen molar-refractivity contribution in [3.05, 3.63) is 35.9 Å². The zero-order valence-corrected chi connectivity index (χ0v) is 15.3. The third-order valence-electron chi connectivity index (χ3n) is 5.86. The van der Waals surface area contributed by atoms with Gasteiger partial charge in [-0.2, -0.15) is 5.26 Å². The average Bonchev–Trinajstić information content (AvgIpc) is 3.00. The lowest BCUT2D eigenvalue weighted by molar-refractivity contribution is 0.166. The van der Waals surface area contributed by atoms with Crippen LogP contribution in [-0.2, 0) is 5.41 Å². The van der Waals surface area contributed by atoms with E-state index in [4.69, 9.17) is 0 Å². The van der Waals surface area contributed by atoms with Crippen LogP contribution in [0.2, 0.25) is 0 Å². The first kappa shape index (κ1) is 17.8. The van der Waals surface area contributed by atoms with E-state index in [2.05, 4.69) is 30.3 Å². The molecule has 2 fully saturated rings. The summed E-state index contributed by atoms with van der Waals surface area (Å²) in [5, 5.41) is 12.9. The SMILES string of the molecule is CN1CC[C@](C)(CNC(=O)N2CCC(C#N)(c3ccccc3)CC2)C1. The van der Waals surface area contributed by atoms with E-state index in [-0.39, 0.29) is 11.4 Å². The Kier molecular flexibility index (Phi) is 5.01. The van der Waals surface area contributed by atoms with Crippen LogP contribution in [0, 0.1) is 16.7 Å². The topological polar surface area (TPSA) is 59.4 Å². The van der Waals surface area contributed by atoms with E-state index in [9.17, 15) is 10.1 Å². The van der Waals surface area contributed by atoms with Gasteiger partial charge in [0.25, 0.3) is 0 Å². The molecule has 2 aliphatic rings. The van der Waals surface area contributed by atoms with E-state index >= 15 is 0 Å². The molecule has 1 aromatic rings. The molecule has 0 aliphatic carbocycles. The predicted octanol–water partition coefficient (Wildman–Crippen LogP) is 2.60. The quantitative estimate of drug-likeness (QED) is 0.920. The van der Waals surface area contributed by atoms with Crippen LogP contribution in [0.5, 0.6) is 0 Å². The van der Waals surface area contributed by atoms with Gasteiger partial charge in [0.15, 0.2) is 0 Å². The first-order valence-electron chi connectivity index (χ1n) is 9.15. The van der Waals surface area contributed by atoms with Crippen molar-refractivity contribution in [2.75, 3.05) is 39.8 Å². The summed E-state index contributed by atoms with van der Waals surface area (Å²) in [5.74, 6) is 0. The summed E-state index contributed by atoms with van der Waals surface area (Å²) in [7, 11) is 2.13. The molecule has 0 radical (unpaired) electrons. The highest BCUT2D eigenvalue weighted by Crippen LogP contribution is 2.35. The highest BCUT2D eigenvalue weighted by Gasteiger charge is 2.38. The molecule has 2 amide bonds. The number of nitriles is 1. The molecule has 3 rings (SSSR count). The summed E-state index contributed by atoms with van der Waals surface area (Å²) < 4.78 is 0. The fraction of sp³-hybridized carbons (Fsp3) is 0.600. The van der Waals surface area contributed by atoms with Crippen molar-refractivity contribution in [1.29, 1.82) is 5.26 Å². The second-order valence-corrected chi connectivity index (χ2v) is 8.00. The molecular formula is C20H28N4O. The number of nitrogens with one attached hydrogen (secondary N) is 1. The van der Waals surface area contributed by atoms with Crippen LogP contribution in [0.3, 0.4) is 0 Å². The molecule has 0 saturated carbocycles. The van der Waals surface area contributed by atoms with Crippen LogP contribution in [0.4, 0.5) is 4.79 Å². The second-order valence-electron chi connectivity index (χ2n) is 8.00. The van der Waals surface area contributed by atoms with Gasteiger partial charge in [0.05, 0.1) is 11.5 Å². The van der Waals surface area contributed by atoms with Gasteiger partial charge in [-0.3, -0.25) is 0 Å². The summed E-state index contributed by atoms with van der Waals surface area (Å²) >= 11 is 0. The minimum atomic E-state index is -0.460. The third kappa shape index (κ3) is 3.80. The lowest BCUT2D eigenvalue weighted by Gasteiger charge is -2.38. The molecule has 2 aliphatic heterocycles. The number of hydrogen-bond acceptors (Lipinski definition) is 3. The third-order valence-corrected chi connectivity index (χ3v) is 5.86. The molecule has 5 heteroatoms. The monoisotopic (exact) mass is 340 g/mol. The van der Waals surface area contributed by atoms with Gasteiger partial charge in [0.2, 0.25) is 0 Å².